The summed E-state index contributed by atoms with van der Waals surface area (Å²) >= 11 is 6.37. The highest BCUT2D eigenvalue weighted by Crippen LogP contribution is 2.30. The molecule has 1 unspecified atom stereocenters. The van der Waals surface area contributed by atoms with Crippen LogP contribution in [0.5, 0.6) is 0 Å². The van der Waals surface area contributed by atoms with Crippen molar-refractivity contribution in [1.29, 1.82) is 0 Å². The molecule has 2 aliphatic rings. The van der Waals surface area contributed by atoms with Crippen molar-refractivity contribution in [3.05, 3.63) is 29.7 Å². The average Bonchev–Trinajstić information content (AvgIpc) is 3.28. The Hall–Kier alpha value is -2.98. The van der Waals surface area contributed by atoms with E-state index in [0.717, 1.165) is 32.6 Å². The van der Waals surface area contributed by atoms with Crippen molar-refractivity contribution in [2.75, 3.05) is 30.4 Å². The molecule has 2 aromatic heterocycles. The van der Waals surface area contributed by atoms with E-state index in [-0.39, 0.29) is 17.9 Å². The molecule has 2 atom stereocenters. The summed E-state index contributed by atoms with van der Waals surface area (Å²) in [7, 11) is 0. The van der Waals surface area contributed by atoms with Gasteiger partial charge in [-0.2, -0.15) is 0 Å². The van der Waals surface area contributed by atoms with Gasteiger partial charge in [0, 0.05) is 43.5 Å². The molecule has 1 aliphatic heterocycles. The topological polar surface area (TPSA) is 138 Å². The smallest absolute Gasteiger partial charge is 0.404 e. The maximum atomic E-state index is 12.7. The summed E-state index contributed by atoms with van der Waals surface area (Å²) < 4.78 is 5.40. The zero-order chi connectivity index (χ0) is 23.2. The minimum Gasteiger partial charge on any atom is -0.465 e. The molecule has 4 rings (SSSR count). The molecule has 176 valence electrons. The number of anilines is 2. The number of carboxylic acid groups (broad SMARTS) is 1. The molecule has 1 aliphatic carbocycles. The largest absolute Gasteiger partial charge is 0.465 e. The first kappa shape index (κ1) is 23.2. The summed E-state index contributed by atoms with van der Waals surface area (Å²) in [5.41, 5.74) is 1.18. The monoisotopic (exact) mass is 474 g/mol. The summed E-state index contributed by atoms with van der Waals surface area (Å²) in [6, 6.07) is 1.47. The molecule has 2 aromatic rings. The van der Waals surface area contributed by atoms with Crippen LogP contribution >= 0.6 is 11.6 Å². The number of halogens is 1. The van der Waals surface area contributed by atoms with Crippen molar-refractivity contribution in [2.45, 2.75) is 38.1 Å². The highest BCUT2D eigenvalue weighted by Gasteiger charge is 2.31. The first-order valence-corrected chi connectivity index (χ1v) is 11.5. The van der Waals surface area contributed by atoms with Crippen LogP contribution in [-0.4, -0.2) is 57.9 Å². The number of carbonyl (C=O) groups is 2. The zero-order valence-electron chi connectivity index (χ0n) is 18.1. The Kier molecular flexibility index (Phi) is 7.56. The number of hydrogen-bond acceptors (Lipinski definition) is 7. The average molecular weight is 475 g/mol. The third-order valence-corrected chi connectivity index (χ3v) is 6.36. The van der Waals surface area contributed by atoms with Gasteiger partial charge in [0.25, 0.3) is 0 Å². The molecular weight excluding hydrogens is 448 g/mol. The lowest BCUT2D eigenvalue weighted by atomic mass is 10.0. The summed E-state index contributed by atoms with van der Waals surface area (Å²) in [6.45, 7) is 2.37. The second-order valence-corrected chi connectivity index (χ2v) is 8.83. The quantitative estimate of drug-likeness (QED) is 0.479. The van der Waals surface area contributed by atoms with E-state index < -0.39 is 6.09 Å². The molecule has 4 N–H and O–H groups in total. The summed E-state index contributed by atoms with van der Waals surface area (Å²) in [4.78, 5) is 36.6. The molecule has 2 amide bonds. The predicted molar refractivity (Wildman–Crippen MR) is 123 cm³/mol. The Morgan fingerprint density at radius 2 is 1.94 bits per heavy atom. The van der Waals surface area contributed by atoms with Gasteiger partial charge in [-0.1, -0.05) is 11.6 Å². The van der Waals surface area contributed by atoms with E-state index in [1.807, 2.05) is 0 Å². The van der Waals surface area contributed by atoms with E-state index in [0.29, 0.717) is 53.1 Å². The standard InChI is InChI=1S/C22H27ClN6O4/c23-17-10-26-19(29-21(30)14-1-2-15(7-14)27-22(31)32)8-16(17)18-11-24-12-20(28-18)25-9-13-3-5-33-6-4-13/h8,10-15,27H,1-7,9H2,(H,25,28)(H,31,32)(H,26,29,30)/t14-,15?/m0/s1. The van der Waals surface area contributed by atoms with Crippen LogP contribution in [0, 0.1) is 11.8 Å². The Bertz CT molecular complexity index is 1000. The number of pyridine rings is 1. The van der Waals surface area contributed by atoms with Gasteiger partial charge in [-0.15, -0.1) is 0 Å². The molecule has 0 aromatic carbocycles. The van der Waals surface area contributed by atoms with Crippen LogP contribution in [0.3, 0.4) is 0 Å². The van der Waals surface area contributed by atoms with E-state index in [1.165, 1.54) is 6.20 Å². The lowest BCUT2D eigenvalue weighted by Gasteiger charge is -2.22. The fourth-order valence-electron chi connectivity index (χ4n) is 4.24. The van der Waals surface area contributed by atoms with Gasteiger partial charge in [0.05, 0.1) is 23.1 Å². The molecule has 0 spiro atoms. The maximum absolute atomic E-state index is 12.7. The normalized spacial score (nSPS) is 20.9. The number of rotatable bonds is 7. The zero-order valence-corrected chi connectivity index (χ0v) is 18.8. The first-order chi connectivity index (χ1) is 16.0. The lowest BCUT2D eigenvalue weighted by molar-refractivity contribution is -0.119. The van der Waals surface area contributed by atoms with E-state index in [4.69, 9.17) is 21.4 Å². The summed E-state index contributed by atoms with van der Waals surface area (Å²) in [6.07, 6.45) is 7.44. The van der Waals surface area contributed by atoms with Crippen LogP contribution in [0.4, 0.5) is 16.4 Å². The van der Waals surface area contributed by atoms with Gasteiger partial charge >= 0.3 is 6.09 Å². The maximum Gasteiger partial charge on any atom is 0.404 e. The van der Waals surface area contributed by atoms with Gasteiger partial charge in [-0.25, -0.2) is 14.8 Å². The number of aromatic nitrogens is 3. The lowest BCUT2D eigenvalue weighted by Crippen LogP contribution is -2.32. The number of nitrogens with zero attached hydrogens (tertiary/aromatic N) is 3. The molecule has 1 saturated carbocycles. The minimum atomic E-state index is -1.07. The van der Waals surface area contributed by atoms with Gasteiger partial charge in [-0.3, -0.25) is 9.78 Å². The molecule has 2 fully saturated rings. The first-order valence-electron chi connectivity index (χ1n) is 11.1. The van der Waals surface area contributed by atoms with Gasteiger partial charge in [0.2, 0.25) is 5.91 Å². The number of ether oxygens (including phenoxy) is 1. The number of nitrogens with one attached hydrogen (secondary N) is 3. The fraction of sp³-hybridized carbons (Fsp3) is 0.500. The van der Waals surface area contributed by atoms with E-state index in [2.05, 4.69) is 30.9 Å². The molecule has 0 radical (unpaired) electrons. The fourth-order valence-corrected chi connectivity index (χ4v) is 4.44. The third kappa shape index (κ3) is 6.29. The van der Waals surface area contributed by atoms with E-state index >= 15 is 0 Å². The van der Waals surface area contributed by atoms with Crippen molar-refractivity contribution >= 4 is 35.2 Å². The van der Waals surface area contributed by atoms with Crippen LogP contribution in [0.2, 0.25) is 5.02 Å². The number of carbonyl (C=O) groups excluding carboxylic acids is 1. The van der Waals surface area contributed by atoms with Crippen LogP contribution in [0.15, 0.2) is 24.7 Å². The van der Waals surface area contributed by atoms with Crippen molar-refractivity contribution in [3.8, 4) is 11.3 Å². The molecule has 3 heterocycles. The van der Waals surface area contributed by atoms with Gasteiger partial charge in [0.15, 0.2) is 0 Å². The van der Waals surface area contributed by atoms with Crippen LogP contribution < -0.4 is 16.0 Å². The van der Waals surface area contributed by atoms with Gasteiger partial charge in [0.1, 0.15) is 11.6 Å². The Labute approximate surface area is 196 Å². The Morgan fingerprint density at radius 3 is 2.73 bits per heavy atom. The molecule has 11 heteroatoms. The summed E-state index contributed by atoms with van der Waals surface area (Å²) in [5, 5.41) is 17.9. The number of amides is 2. The van der Waals surface area contributed by atoms with Crippen molar-refractivity contribution in [2.24, 2.45) is 11.8 Å². The molecule has 10 nitrogen and oxygen atoms in total. The minimum absolute atomic E-state index is 0.191. The van der Waals surface area contributed by atoms with Crippen molar-refractivity contribution in [3.63, 3.8) is 0 Å². The molecule has 0 bridgehead atoms. The van der Waals surface area contributed by atoms with Crippen LogP contribution in [0.1, 0.15) is 32.1 Å². The van der Waals surface area contributed by atoms with Crippen molar-refractivity contribution < 1.29 is 19.4 Å². The van der Waals surface area contributed by atoms with Gasteiger partial charge in [-0.05, 0) is 44.1 Å². The second kappa shape index (κ2) is 10.8. The van der Waals surface area contributed by atoms with E-state index in [9.17, 15) is 9.59 Å². The SMILES string of the molecule is O=C(O)NC1CC[C@H](C(=O)Nc2cc(-c3cncc(NCC4CCOCC4)n3)c(Cl)cn2)C1. The highest BCUT2D eigenvalue weighted by molar-refractivity contribution is 6.33. The summed E-state index contributed by atoms with van der Waals surface area (Å²) in [5.74, 6) is 1.08. The van der Waals surface area contributed by atoms with Crippen molar-refractivity contribution in [1.82, 2.24) is 20.3 Å². The Balaban J connectivity index is 1.41. The third-order valence-electron chi connectivity index (χ3n) is 6.06. The van der Waals surface area contributed by atoms with E-state index in [1.54, 1.807) is 18.5 Å². The van der Waals surface area contributed by atoms with Crippen LogP contribution in [-0.2, 0) is 9.53 Å². The van der Waals surface area contributed by atoms with Gasteiger partial charge < -0.3 is 25.8 Å². The second-order valence-electron chi connectivity index (χ2n) is 8.42. The number of hydrogen-bond donors (Lipinski definition) is 4. The predicted octanol–water partition coefficient (Wildman–Crippen LogP) is 3.41. The Morgan fingerprint density at radius 1 is 1.12 bits per heavy atom. The molecular formula is C22H27ClN6O4. The molecule has 1 saturated heterocycles. The highest BCUT2D eigenvalue weighted by atomic mass is 35.5. The molecule has 33 heavy (non-hydrogen) atoms. The van der Waals surface area contributed by atoms with Crippen LogP contribution in [0.25, 0.3) is 11.3 Å².